The lowest BCUT2D eigenvalue weighted by Crippen LogP contribution is -2.46. The van der Waals surface area contributed by atoms with E-state index in [2.05, 4.69) is 10.2 Å². The highest BCUT2D eigenvalue weighted by Crippen LogP contribution is 2.28. The summed E-state index contributed by atoms with van der Waals surface area (Å²) in [7, 11) is 0. The SMILES string of the molecule is O=C(NCC(c1ccc(F)cc1)N1CCOCC1)C1Cc2ccccc2O1. The van der Waals surface area contributed by atoms with Gasteiger partial charge in [0.2, 0.25) is 0 Å². The number of amides is 1. The molecule has 2 aromatic carbocycles. The van der Waals surface area contributed by atoms with Gasteiger partial charge in [-0.1, -0.05) is 30.3 Å². The lowest BCUT2D eigenvalue weighted by molar-refractivity contribution is -0.127. The van der Waals surface area contributed by atoms with Crippen LogP contribution in [0, 0.1) is 5.82 Å². The predicted octanol–water partition coefficient (Wildman–Crippen LogP) is 2.32. The van der Waals surface area contributed by atoms with Crippen LogP contribution in [0.15, 0.2) is 48.5 Å². The van der Waals surface area contributed by atoms with Gasteiger partial charge in [-0.2, -0.15) is 0 Å². The highest BCUT2D eigenvalue weighted by Gasteiger charge is 2.30. The number of nitrogens with one attached hydrogen (secondary N) is 1. The molecule has 0 spiro atoms. The van der Waals surface area contributed by atoms with Crippen LogP contribution in [0.2, 0.25) is 0 Å². The van der Waals surface area contributed by atoms with Crippen LogP contribution in [-0.2, 0) is 16.0 Å². The predicted molar refractivity (Wildman–Crippen MR) is 99.1 cm³/mol. The summed E-state index contributed by atoms with van der Waals surface area (Å²) in [4.78, 5) is 14.9. The van der Waals surface area contributed by atoms with E-state index in [1.54, 1.807) is 12.1 Å². The minimum atomic E-state index is -0.499. The number of carbonyl (C=O) groups excluding carboxylic acids is 1. The summed E-state index contributed by atoms with van der Waals surface area (Å²) < 4.78 is 24.5. The Morgan fingerprint density at radius 1 is 1.15 bits per heavy atom. The molecule has 4 rings (SSSR count). The molecule has 2 aliphatic rings. The normalized spacial score (nSPS) is 20.6. The number of carbonyl (C=O) groups is 1. The summed E-state index contributed by atoms with van der Waals surface area (Å²) >= 11 is 0. The van der Waals surface area contributed by atoms with E-state index in [-0.39, 0.29) is 17.8 Å². The molecule has 2 atom stereocenters. The van der Waals surface area contributed by atoms with Gasteiger partial charge in [-0.05, 0) is 29.3 Å². The number of para-hydroxylation sites is 1. The topological polar surface area (TPSA) is 50.8 Å². The van der Waals surface area contributed by atoms with Gasteiger partial charge in [0.15, 0.2) is 6.10 Å². The average Bonchev–Trinajstić information content (AvgIpc) is 3.14. The van der Waals surface area contributed by atoms with Crippen molar-refractivity contribution in [2.24, 2.45) is 0 Å². The quantitative estimate of drug-likeness (QED) is 0.878. The fourth-order valence-corrected chi connectivity index (χ4v) is 3.67. The van der Waals surface area contributed by atoms with E-state index in [1.807, 2.05) is 24.3 Å². The van der Waals surface area contributed by atoms with Gasteiger partial charge in [-0.3, -0.25) is 9.69 Å². The van der Waals surface area contributed by atoms with E-state index in [1.165, 1.54) is 12.1 Å². The summed E-state index contributed by atoms with van der Waals surface area (Å²) in [5, 5.41) is 3.03. The van der Waals surface area contributed by atoms with Crippen molar-refractivity contribution in [3.63, 3.8) is 0 Å². The zero-order valence-corrected chi connectivity index (χ0v) is 15.1. The van der Waals surface area contributed by atoms with Crippen molar-refractivity contribution < 1.29 is 18.7 Å². The number of fused-ring (bicyclic) bond motifs is 1. The third kappa shape index (κ3) is 4.12. The van der Waals surface area contributed by atoms with Crippen molar-refractivity contribution in [2.45, 2.75) is 18.6 Å². The molecule has 1 amide bonds. The molecule has 6 heteroatoms. The minimum absolute atomic E-state index is 0.0257. The molecule has 0 aliphatic carbocycles. The maximum Gasteiger partial charge on any atom is 0.261 e. The third-order valence-corrected chi connectivity index (χ3v) is 5.15. The molecular formula is C21H23FN2O3. The lowest BCUT2D eigenvalue weighted by atomic mass is 10.0. The maximum atomic E-state index is 13.3. The third-order valence-electron chi connectivity index (χ3n) is 5.15. The number of benzene rings is 2. The van der Waals surface area contributed by atoms with Crippen molar-refractivity contribution in [3.8, 4) is 5.75 Å². The summed E-state index contributed by atoms with van der Waals surface area (Å²) in [5.74, 6) is 0.396. The lowest BCUT2D eigenvalue weighted by Gasteiger charge is -2.35. The average molecular weight is 370 g/mol. The van der Waals surface area contributed by atoms with E-state index in [0.717, 1.165) is 30.0 Å². The number of nitrogens with zero attached hydrogens (tertiary/aromatic N) is 1. The van der Waals surface area contributed by atoms with Gasteiger partial charge in [0, 0.05) is 26.1 Å². The molecule has 0 aromatic heterocycles. The van der Waals surface area contributed by atoms with Crippen molar-refractivity contribution in [3.05, 3.63) is 65.5 Å². The van der Waals surface area contributed by atoms with E-state index in [4.69, 9.17) is 9.47 Å². The minimum Gasteiger partial charge on any atom is -0.480 e. The molecule has 0 saturated carbocycles. The van der Waals surface area contributed by atoms with E-state index >= 15 is 0 Å². The standard InChI is InChI=1S/C21H23FN2O3/c22-17-7-5-15(6-8-17)18(24-9-11-26-12-10-24)14-23-21(25)20-13-16-3-1-2-4-19(16)27-20/h1-8,18,20H,9-14H2,(H,23,25). The molecule has 5 nitrogen and oxygen atoms in total. The molecular weight excluding hydrogens is 347 g/mol. The fourth-order valence-electron chi connectivity index (χ4n) is 3.67. The summed E-state index contributed by atoms with van der Waals surface area (Å²) in [5.41, 5.74) is 2.04. The molecule has 142 valence electrons. The Bertz CT molecular complexity index is 765. The van der Waals surface area contributed by atoms with Crippen molar-refractivity contribution in [1.29, 1.82) is 0 Å². The second-order valence-electron chi connectivity index (χ2n) is 6.88. The summed E-state index contributed by atoms with van der Waals surface area (Å²) in [6, 6.07) is 14.2. The molecule has 2 aromatic rings. The van der Waals surface area contributed by atoms with Gasteiger partial charge in [0.25, 0.3) is 5.91 Å². The summed E-state index contributed by atoms with van der Waals surface area (Å²) in [6.07, 6.45) is 0.0850. The Hall–Kier alpha value is -2.44. The zero-order chi connectivity index (χ0) is 18.6. The molecule has 1 N–H and O–H groups in total. The van der Waals surface area contributed by atoms with Gasteiger partial charge >= 0.3 is 0 Å². The highest BCUT2D eigenvalue weighted by atomic mass is 19.1. The van der Waals surface area contributed by atoms with Crippen LogP contribution >= 0.6 is 0 Å². The summed E-state index contributed by atoms with van der Waals surface area (Å²) in [6.45, 7) is 3.33. The monoisotopic (exact) mass is 370 g/mol. The Morgan fingerprint density at radius 3 is 2.63 bits per heavy atom. The first-order chi connectivity index (χ1) is 13.2. The number of rotatable bonds is 5. The molecule has 27 heavy (non-hydrogen) atoms. The fraction of sp³-hybridized carbons (Fsp3) is 0.381. The largest absolute Gasteiger partial charge is 0.480 e. The zero-order valence-electron chi connectivity index (χ0n) is 15.1. The van der Waals surface area contributed by atoms with Gasteiger partial charge in [0.05, 0.1) is 19.3 Å². The molecule has 1 saturated heterocycles. The Morgan fingerprint density at radius 2 is 1.89 bits per heavy atom. The number of halogens is 1. The van der Waals surface area contributed by atoms with Gasteiger partial charge in [-0.25, -0.2) is 4.39 Å². The van der Waals surface area contributed by atoms with Gasteiger partial charge in [-0.15, -0.1) is 0 Å². The van der Waals surface area contributed by atoms with E-state index in [0.29, 0.717) is 26.2 Å². The van der Waals surface area contributed by atoms with E-state index in [9.17, 15) is 9.18 Å². The molecule has 0 bridgehead atoms. The Labute approximate surface area is 158 Å². The van der Waals surface area contributed by atoms with Crippen LogP contribution < -0.4 is 10.1 Å². The van der Waals surface area contributed by atoms with Gasteiger partial charge < -0.3 is 14.8 Å². The van der Waals surface area contributed by atoms with Crippen LogP contribution in [-0.4, -0.2) is 49.8 Å². The second-order valence-corrected chi connectivity index (χ2v) is 6.88. The van der Waals surface area contributed by atoms with Gasteiger partial charge in [0.1, 0.15) is 11.6 Å². The maximum absolute atomic E-state index is 13.3. The van der Waals surface area contributed by atoms with Crippen LogP contribution in [0.1, 0.15) is 17.2 Å². The number of morpholine rings is 1. The van der Waals surface area contributed by atoms with Crippen LogP contribution in [0.3, 0.4) is 0 Å². The van der Waals surface area contributed by atoms with E-state index < -0.39 is 6.10 Å². The second kappa shape index (κ2) is 8.06. The molecule has 2 unspecified atom stereocenters. The molecule has 2 heterocycles. The Balaban J connectivity index is 1.42. The first-order valence-electron chi connectivity index (χ1n) is 9.30. The molecule has 1 fully saturated rings. The highest BCUT2D eigenvalue weighted by molar-refractivity contribution is 5.82. The van der Waals surface area contributed by atoms with Crippen molar-refractivity contribution in [2.75, 3.05) is 32.8 Å². The first kappa shape index (κ1) is 17.9. The molecule has 2 aliphatic heterocycles. The number of ether oxygens (including phenoxy) is 2. The van der Waals surface area contributed by atoms with Crippen molar-refractivity contribution in [1.82, 2.24) is 10.2 Å². The molecule has 0 radical (unpaired) electrons. The number of hydrogen-bond acceptors (Lipinski definition) is 4. The smallest absolute Gasteiger partial charge is 0.261 e. The first-order valence-corrected chi connectivity index (χ1v) is 9.30. The van der Waals surface area contributed by atoms with Crippen LogP contribution in [0.25, 0.3) is 0 Å². The van der Waals surface area contributed by atoms with Crippen LogP contribution in [0.5, 0.6) is 5.75 Å². The number of hydrogen-bond donors (Lipinski definition) is 1. The van der Waals surface area contributed by atoms with Crippen LogP contribution in [0.4, 0.5) is 4.39 Å². The van der Waals surface area contributed by atoms with Crippen molar-refractivity contribution >= 4 is 5.91 Å². The Kier molecular flexibility index (Phi) is 5.36.